The fourth-order valence-electron chi connectivity index (χ4n) is 5.47. The van der Waals surface area contributed by atoms with E-state index < -0.39 is 15.4 Å². The molecule has 1 aliphatic carbocycles. The number of piperazine rings is 1. The fraction of sp³-hybridized carbons (Fsp3) is 0.367. The van der Waals surface area contributed by atoms with Crippen molar-refractivity contribution in [3.8, 4) is 22.6 Å². The van der Waals surface area contributed by atoms with Crippen LogP contribution in [-0.2, 0) is 20.2 Å². The van der Waals surface area contributed by atoms with Crippen LogP contribution in [0.1, 0.15) is 30.9 Å². The normalized spacial score (nSPS) is 18.6. The summed E-state index contributed by atoms with van der Waals surface area (Å²) in [7, 11) is -3.53. The van der Waals surface area contributed by atoms with E-state index in [1.807, 2.05) is 55.5 Å². The van der Waals surface area contributed by atoms with Crippen LogP contribution in [0.5, 0.6) is 11.5 Å². The number of anilines is 1. The van der Waals surface area contributed by atoms with Crippen LogP contribution >= 0.6 is 0 Å². The molecule has 204 valence electrons. The van der Waals surface area contributed by atoms with Crippen molar-refractivity contribution < 1.29 is 22.7 Å². The van der Waals surface area contributed by atoms with Crippen molar-refractivity contribution in [2.24, 2.45) is 0 Å². The number of carbonyl (C=O) groups is 1. The fourth-order valence-corrected chi connectivity index (χ4v) is 6.89. The minimum atomic E-state index is -3.53. The van der Waals surface area contributed by atoms with Crippen LogP contribution in [0.15, 0.2) is 65.6 Å². The van der Waals surface area contributed by atoms with Crippen molar-refractivity contribution in [1.82, 2.24) is 9.21 Å². The average Bonchev–Trinajstić information content (AvgIpc) is 3.64. The molecule has 0 radical (unpaired) electrons. The third-order valence-corrected chi connectivity index (χ3v) is 10.1. The summed E-state index contributed by atoms with van der Waals surface area (Å²) >= 11 is 0. The summed E-state index contributed by atoms with van der Waals surface area (Å²) in [5.41, 5.74) is 3.96. The number of nitrogens with zero attached hydrogens (tertiary/aromatic N) is 2. The highest BCUT2D eigenvalue weighted by atomic mass is 32.2. The number of hydrogen-bond donors (Lipinski definition) is 1. The molecule has 1 N–H and O–H groups in total. The number of aryl methyl sites for hydroxylation is 1. The number of rotatable bonds is 7. The van der Waals surface area contributed by atoms with Crippen LogP contribution < -0.4 is 14.8 Å². The van der Waals surface area contributed by atoms with Crippen molar-refractivity contribution >= 4 is 21.6 Å². The standard InChI is InChI=1S/C30H33N3O5S/c1-3-32-14-16-33(17-15-32)39(35,36)25-9-5-22(6-10-25)26-19-24(8-4-21(26)2)31-29(34)30(12-13-30)23-7-11-27-28(18-23)38-20-37-27/h4-11,18-19H,3,12-17,20H2,1-2H3,(H,31,34). The number of likely N-dealkylation sites (N-methyl/N-ethyl adjacent to an activating group) is 1. The number of nitrogens with one attached hydrogen (secondary N) is 1. The summed E-state index contributed by atoms with van der Waals surface area (Å²) in [6.07, 6.45) is 1.56. The lowest BCUT2D eigenvalue weighted by molar-refractivity contribution is -0.118. The number of benzene rings is 3. The summed E-state index contributed by atoms with van der Waals surface area (Å²) < 4.78 is 38.9. The average molecular weight is 548 g/mol. The molecule has 1 amide bonds. The van der Waals surface area contributed by atoms with Crippen molar-refractivity contribution in [3.05, 3.63) is 71.8 Å². The Morgan fingerprint density at radius 3 is 2.33 bits per heavy atom. The van der Waals surface area contributed by atoms with Crippen LogP contribution in [0, 0.1) is 6.92 Å². The van der Waals surface area contributed by atoms with Crippen molar-refractivity contribution in [3.63, 3.8) is 0 Å². The van der Waals surface area contributed by atoms with Crippen LogP contribution in [0.3, 0.4) is 0 Å². The molecule has 3 aliphatic rings. The molecule has 0 aromatic heterocycles. The van der Waals surface area contributed by atoms with Gasteiger partial charge in [0.05, 0.1) is 10.3 Å². The molecule has 8 nitrogen and oxygen atoms in total. The molecule has 2 heterocycles. The largest absolute Gasteiger partial charge is 0.454 e. The predicted molar refractivity (Wildman–Crippen MR) is 150 cm³/mol. The smallest absolute Gasteiger partial charge is 0.243 e. The Labute approximate surface area is 229 Å². The Kier molecular flexibility index (Phi) is 6.61. The lowest BCUT2D eigenvalue weighted by atomic mass is 9.94. The van der Waals surface area contributed by atoms with Gasteiger partial charge in [0.25, 0.3) is 0 Å². The summed E-state index contributed by atoms with van der Waals surface area (Å²) in [4.78, 5) is 16.0. The maximum Gasteiger partial charge on any atom is 0.243 e. The molecule has 0 spiro atoms. The predicted octanol–water partition coefficient (Wildman–Crippen LogP) is 4.39. The van der Waals surface area contributed by atoms with Gasteiger partial charge in [0, 0.05) is 31.9 Å². The third-order valence-electron chi connectivity index (χ3n) is 8.19. The van der Waals surface area contributed by atoms with Crippen LogP contribution in [0.4, 0.5) is 5.69 Å². The van der Waals surface area contributed by atoms with E-state index in [0.29, 0.717) is 35.2 Å². The third kappa shape index (κ3) is 4.79. The molecule has 0 unspecified atom stereocenters. The van der Waals surface area contributed by atoms with E-state index in [9.17, 15) is 13.2 Å². The van der Waals surface area contributed by atoms with Crippen LogP contribution in [-0.4, -0.2) is 63.0 Å². The Balaban J connectivity index is 1.19. The van der Waals surface area contributed by atoms with E-state index in [4.69, 9.17) is 9.47 Å². The van der Waals surface area contributed by atoms with E-state index in [2.05, 4.69) is 17.1 Å². The Hall–Kier alpha value is -3.40. The molecule has 39 heavy (non-hydrogen) atoms. The first kappa shape index (κ1) is 25.9. The first-order chi connectivity index (χ1) is 18.8. The molecule has 9 heteroatoms. The lowest BCUT2D eigenvalue weighted by Gasteiger charge is -2.33. The number of fused-ring (bicyclic) bond motifs is 1. The molecule has 3 aromatic rings. The van der Waals surface area contributed by atoms with Gasteiger partial charge in [-0.25, -0.2) is 8.42 Å². The Morgan fingerprint density at radius 2 is 1.64 bits per heavy atom. The highest BCUT2D eigenvalue weighted by Gasteiger charge is 2.51. The highest BCUT2D eigenvalue weighted by molar-refractivity contribution is 7.89. The van der Waals surface area contributed by atoms with Gasteiger partial charge in [-0.05, 0) is 85.0 Å². The Bertz CT molecular complexity index is 1510. The lowest BCUT2D eigenvalue weighted by Crippen LogP contribution is -2.48. The quantitative estimate of drug-likeness (QED) is 0.472. The van der Waals surface area contributed by atoms with Crippen LogP contribution in [0.25, 0.3) is 11.1 Å². The van der Waals surface area contributed by atoms with Gasteiger partial charge in [-0.15, -0.1) is 0 Å². The maximum atomic E-state index is 13.4. The van der Waals surface area contributed by atoms with Gasteiger partial charge in [-0.2, -0.15) is 4.31 Å². The zero-order valence-corrected chi connectivity index (χ0v) is 23.1. The molecule has 1 saturated heterocycles. The molecular formula is C30H33N3O5S. The van der Waals surface area contributed by atoms with Gasteiger partial charge in [0.2, 0.25) is 22.7 Å². The van der Waals surface area contributed by atoms with Gasteiger partial charge >= 0.3 is 0 Å². The topological polar surface area (TPSA) is 88.2 Å². The molecule has 0 bridgehead atoms. The van der Waals surface area contributed by atoms with Gasteiger partial charge in [-0.1, -0.05) is 31.2 Å². The molecule has 2 aliphatic heterocycles. The first-order valence-electron chi connectivity index (χ1n) is 13.5. The summed E-state index contributed by atoms with van der Waals surface area (Å²) in [5, 5.41) is 3.12. The van der Waals surface area contributed by atoms with E-state index in [0.717, 1.165) is 54.7 Å². The second kappa shape index (κ2) is 9.97. The van der Waals surface area contributed by atoms with E-state index in [1.165, 1.54) is 0 Å². The second-order valence-corrected chi connectivity index (χ2v) is 12.4. The van der Waals surface area contributed by atoms with E-state index in [-0.39, 0.29) is 12.7 Å². The Morgan fingerprint density at radius 1 is 0.923 bits per heavy atom. The van der Waals surface area contributed by atoms with Gasteiger partial charge < -0.3 is 19.7 Å². The van der Waals surface area contributed by atoms with Gasteiger partial charge in [-0.3, -0.25) is 4.79 Å². The number of amides is 1. The van der Waals surface area contributed by atoms with Crippen molar-refractivity contribution in [1.29, 1.82) is 0 Å². The monoisotopic (exact) mass is 547 g/mol. The number of carbonyl (C=O) groups excluding carboxylic acids is 1. The van der Waals surface area contributed by atoms with Crippen molar-refractivity contribution in [2.45, 2.75) is 37.0 Å². The maximum absolute atomic E-state index is 13.4. The second-order valence-electron chi connectivity index (χ2n) is 10.5. The summed E-state index contributed by atoms with van der Waals surface area (Å²) in [6, 6.07) is 18.6. The number of hydrogen-bond acceptors (Lipinski definition) is 6. The van der Waals surface area contributed by atoms with E-state index in [1.54, 1.807) is 16.4 Å². The molecule has 2 fully saturated rings. The first-order valence-corrected chi connectivity index (χ1v) is 14.9. The highest BCUT2D eigenvalue weighted by Crippen LogP contribution is 2.51. The molecular weight excluding hydrogens is 514 g/mol. The van der Waals surface area contributed by atoms with Crippen molar-refractivity contribution in [2.75, 3.05) is 44.8 Å². The molecule has 3 aromatic carbocycles. The minimum absolute atomic E-state index is 0.0409. The van der Waals surface area contributed by atoms with Gasteiger partial charge in [0.1, 0.15) is 0 Å². The van der Waals surface area contributed by atoms with Gasteiger partial charge in [0.15, 0.2) is 11.5 Å². The van der Waals surface area contributed by atoms with Crippen LogP contribution in [0.2, 0.25) is 0 Å². The van der Waals surface area contributed by atoms with E-state index >= 15 is 0 Å². The molecule has 0 atom stereocenters. The minimum Gasteiger partial charge on any atom is -0.454 e. The SMILES string of the molecule is CCN1CCN(S(=O)(=O)c2ccc(-c3cc(NC(=O)C4(c5ccc6c(c5)OCO6)CC4)ccc3C)cc2)CC1. The summed E-state index contributed by atoms with van der Waals surface area (Å²) in [5.74, 6) is 1.34. The number of ether oxygens (including phenoxy) is 2. The molecule has 1 saturated carbocycles. The molecule has 6 rings (SSSR count). The zero-order chi connectivity index (χ0) is 27.2. The summed E-state index contributed by atoms with van der Waals surface area (Å²) in [6.45, 7) is 7.75. The number of sulfonamides is 1. The zero-order valence-electron chi connectivity index (χ0n) is 22.3.